The molecule has 2 aromatic heterocycles. The Labute approximate surface area is 340 Å². The third kappa shape index (κ3) is 11.6. The highest BCUT2D eigenvalue weighted by Crippen LogP contribution is 2.28. The Bertz CT molecular complexity index is 2390. The standard InChI is InChI=1S/C20H15Cl2FN4O2.C20H16ClFN4O2/c1-12(28)27(15-7-5-13(23)6-8-15)19-9-14(11-24-26-19)25-20(29)10-16-17(21)3-2-4-18(16)22;1-13(27)26(17-8-6-15(22)7-9-17)19-11-16(12-23-25-19)24-20(28)10-14-4-2-3-5-18(14)21/h2-9,11H,10H2,1H3,(H,25,26,29);2-9,11-12H,10H2,1H3,(H,24,25,28). The lowest BCUT2D eigenvalue weighted by atomic mass is 10.1. The molecule has 0 aliphatic rings. The number of carbonyl (C=O) groups excluding carboxylic acids is 4. The number of amides is 4. The Morgan fingerprint density at radius 2 is 1.00 bits per heavy atom. The van der Waals surface area contributed by atoms with Crippen molar-refractivity contribution in [3.63, 3.8) is 0 Å². The van der Waals surface area contributed by atoms with Gasteiger partial charge in [-0.25, -0.2) is 8.78 Å². The van der Waals surface area contributed by atoms with Gasteiger partial charge in [-0.3, -0.25) is 29.0 Å². The third-order valence-corrected chi connectivity index (χ3v) is 8.89. The SMILES string of the molecule is CC(=O)N(c1ccc(F)cc1)c1cc(NC(=O)Cc2c(Cl)cccc2Cl)cnn1.CC(=O)N(c1ccc(F)cc1)c1cc(NC(=O)Cc2ccccc2Cl)cnn1. The van der Waals surface area contributed by atoms with E-state index in [1.807, 2.05) is 0 Å². The molecule has 2 N–H and O–H groups in total. The van der Waals surface area contributed by atoms with Crippen LogP contribution in [-0.2, 0) is 32.0 Å². The van der Waals surface area contributed by atoms with Gasteiger partial charge in [0.15, 0.2) is 11.6 Å². The normalized spacial score (nSPS) is 10.4. The summed E-state index contributed by atoms with van der Waals surface area (Å²) in [6.45, 7) is 2.70. The summed E-state index contributed by atoms with van der Waals surface area (Å²) in [5, 5.41) is 22.3. The van der Waals surface area contributed by atoms with Gasteiger partial charge in [0.2, 0.25) is 23.6 Å². The number of nitrogens with zero attached hydrogens (tertiary/aromatic N) is 6. The quantitative estimate of drug-likeness (QED) is 0.139. The lowest BCUT2D eigenvalue weighted by molar-refractivity contribution is -0.116. The lowest BCUT2D eigenvalue weighted by Crippen LogP contribution is -2.24. The minimum absolute atomic E-state index is 0.0372. The van der Waals surface area contributed by atoms with Crippen molar-refractivity contribution in [2.24, 2.45) is 0 Å². The molecule has 0 aliphatic carbocycles. The summed E-state index contributed by atoms with van der Waals surface area (Å²) in [6.07, 6.45) is 2.77. The van der Waals surface area contributed by atoms with Crippen molar-refractivity contribution in [2.75, 3.05) is 20.4 Å². The van der Waals surface area contributed by atoms with Crippen LogP contribution in [0.5, 0.6) is 0 Å². The summed E-state index contributed by atoms with van der Waals surface area (Å²) >= 11 is 18.3. The lowest BCUT2D eigenvalue weighted by Gasteiger charge is -2.20. The first kappa shape index (κ1) is 41.8. The number of halogens is 5. The zero-order valence-electron chi connectivity index (χ0n) is 30.1. The minimum Gasteiger partial charge on any atom is -0.324 e. The smallest absolute Gasteiger partial charge is 0.229 e. The first-order valence-electron chi connectivity index (χ1n) is 16.8. The fourth-order valence-corrected chi connectivity index (χ4v) is 6.02. The molecule has 0 radical (unpaired) electrons. The first-order valence-corrected chi connectivity index (χ1v) is 18.0. The van der Waals surface area contributed by atoms with Gasteiger partial charge in [0.05, 0.1) is 48.0 Å². The zero-order valence-corrected chi connectivity index (χ0v) is 32.4. The second-order valence-corrected chi connectivity index (χ2v) is 13.2. The van der Waals surface area contributed by atoms with Gasteiger partial charge in [-0.1, -0.05) is 59.1 Å². The molecular formula is C40H31Cl3F2N8O4. The number of nitrogens with one attached hydrogen (secondary N) is 2. The molecule has 4 aromatic carbocycles. The van der Waals surface area contributed by atoms with Crippen molar-refractivity contribution < 1.29 is 28.0 Å². The monoisotopic (exact) mass is 830 g/mol. The fourth-order valence-electron chi connectivity index (χ4n) is 5.28. The number of rotatable bonds is 10. The summed E-state index contributed by atoms with van der Waals surface area (Å²) in [5.41, 5.74) is 2.75. The molecule has 0 atom stereocenters. The topological polar surface area (TPSA) is 150 Å². The number of aromatic nitrogens is 4. The molecule has 12 nitrogen and oxygen atoms in total. The Morgan fingerprint density at radius 1 is 0.579 bits per heavy atom. The van der Waals surface area contributed by atoms with Gasteiger partial charge in [0.1, 0.15) is 11.6 Å². The number of benzene rings is 4. The Kier molecular flexibility index (Phi) is 14.3. The van der Waals surface area contributed by atoms with Crippen molar-refractivity contribution in [1.29, 1.82) is 0 Å². The highest BCUT2D eigenvalue weighted by atomic mass is 35.5. The molecule has 0 saturated heterocycles. The van der Waals surface area contributed by atoms with Crippen molar-refractivity contribution in [2.45, 2.75) is 26.7 Å². The van der Waals surface area contributed by atoms with Crippen LogP contribution >= 0.6 is 34.8 Å². The molecule has 57 heavy (non-hydrogen) atoms. The third-order valence-electron chi connectivity index (χ3n) is 7.82. The molecule has 6 aromatic rings. The van der Waals surface area contributed by atoms with Crippen LogP contribution < -0.4 is 20.4 Å². The predicted octanol–water partition coefficient (Wildman–Crippen LogP) is 8.92. The molecule has 0 spiro atoms. The molecule has 0 unspecified atom stereocenters. The second kappa shape index (κ2) is 19.5. The molecule has 0 bridgehead atoms. The molecule has 17 heteroatoms. The van der Waals surface area contributed by atoms with Crippen LogP contribution in [0.25, 0.3) is 0 Å². The molecule has 0 aliphatic heterocycles. The van der Waals surface area contributed by atoms with E-state index >= 15 is 0 Å². The van der Waals surface area contributed by atoms with Crippen molar-refractivity contribution in [1.82, 2.24) is 20.4 Å². The van der Waals surface area contributed by atoms with Gasteiger partial charge in [-0.15, -0.1) is 10.2 Å². The summed E-state index contributed by atoms with van der Waals surface area (Å²) in [6, 6.07) is 25.8. The van der Waals surface area contributed by atoms with Crippen molar-refractivity contribution in [3.05, 3.63) is 153 Å². The van der Waals surface area contributed by atoms with E-state index in [1.54, 1.807) is 42.5 Å². The largest absolute Gasteiger partial charge is 0.324 e. The maximum absolute atomic E-state index is 13.2. The molecular weight excluding hydrogens is 801 g/mol. The molecule has 2 heterocycles. The highest BCUT2D eigenvalue weighted by molar-refractivity contribution is 6.36. The van der Waals surface area contributed by atoms with E-state index in [2.05, 4.69) is 31.0 Å². The van der Waals surface area contributed by atoms with Gasteiger partial charge < -0.3 is 10.6 Å². The van der Waals surface area contributed by atoms with Crippen molar-refractivity contribution in [3.8, 4) is 0 Å². The van der Waals surface area contributed by atoms with Gasteiger partial charge in [0, 0.05) is 41.0 Å². The number of anilines is 6. The van der Waals surface area contributed by atoms with Gasteiger partial charge >= 0.3 is 0 Å². The summed E-state index contributed by atoms with van der Waals surface area (Å²) < 4.78 is 26.4. The van der Waals surface area contributed by atoms with Crippen LogP contribution in [0.4, 0.5) is 43.2 Å². The second-order valence-electron chi connectivity index (χ2n) is 12.0. The van der Waals surface area contributed by atoms with E-state index < -0.39 is 11.6 Å². The van der Waals surface area contributed by atoms with Crippen LogP contribution in [0.3, 0.4) is 0 Å². The van der Waals surface area contributed by atoms with Crippen molar-refractivity contribution >= 4 is 92.8 Å². The molecule has 0 fully saturated rings. The van der Waals surface area contributed by atoms with Crippen LogP contribution in [0, 0.1) is 11.6 Å². The van der Waals surface area contributed by atoms with Gasteiger partial charge in [-0.05, 0) is 77.9 Å². The number of hydrogen-bond acceptors (Lipinski definition) is 8. The predicted molar refractivity (Wildman–Crippen MR) is 215 cm³/mol. The maximum atomic E-state index is 13.2. The fraction of sp³-hybridized carbons (Fsp3) is 0.100. The average Bonchev–Trinajstić information content (AvgIpc) is 3.16. The van der Waals surface area contributed by atoms with E-state index in [9.17, 15) is 28.0 Å². The highest BCUT2D eigenvalue weighted by Gasteiger charge is 2.19. The zero-order chi connectivity index (χ0) is 41.1. The molecule has 0 saturated carbocycles. The van der Waals surface area contributed by atoms with E-state index in [0.717, 1.165) is 0 Å². The van der Waals surface area contributed by atoms with Gasteiger partial charge in [0.25, 0.3) is 0 Å². The Hall–Kier alpha value is -6.35. The summed E-state index contributed by atoms with van der Waals surface area (Å²) in [7, 11) is 0. The first-order chi connectivity index (χ1) is 27.3. The molecule has 6 rings (SSSR count). The number of hydrogen-bond donors (Lipinski definition) is 2. The van der Waals surface area contributed by atoms with E-state index in [4.69, 9.17) is 34.8 Å². The van der Waals surface area contributed by atoms with Crippen LogP contribution in [0.2, 0.25) is 15.1 Å². The maximum Gasteiger partial charge on any atom is 0.229 e. The van der Waals surface area contributed by atoms with E-state index in [0.29, 0.717) is 48.9 Å². The Morgan fingerprint density at radius 3 is 1.44 bits per heavy atom. The van der Waals surface area contributed by atoms with Gasteiger partial charge in [-0.2, -0.15) is 10.2 Å². The minimum atomic E-state index is -0.428. The van der Waals surface area contributed by atoms with Crippen LogP contribution in [-0.4, -0.2) is 44.0 Å². The molecule has 4 amide bonds. The van der Waals surface area contributed by atoms with E-state index in [1.165, 1.54) is 96.7 Å². The van der Waals surface area contributed by atoms with Crippen LogP contribution in [0.15, 0.2) is 116 Å². The number of carbonyl (C=O) groups is 4. The van der Waals surface area contributed by atoms with Crippen LogP contribution in [0.1, 0.15) is 25.0 Å². The average molecular weight is 832 g/mol. The van der Waals surface area contributed by atoms with E-state index in [-0.39, 0.29) is 48.1 Å². The molecule has 290 valence electrons. The summed E-state index contributed by atoms with van der Waals surface area (Å²) in [4.78, 5) is 51.5. The summed E-state index contributed by atoms with van der Waals surface area (Å²) in [5.74, 6) is -1.80. The Balaban J connectivity index is 0.000000218.